The van der Waals surface area contributed by atoms with Gasteiger partial charge in [-0.3, -0.25) is 4.79 Å². The second-order valence-electron chi connectivity index (χ2n) is 3.72. The summed E-state index contributed by atoms with van der Waals surface area (Å²) >= 11 is 1.49. The van der Waals surface area contributed by atoms with Gasteiger partial charge in [0.25, 0.3) is 5.91 Å². The lowest BCUT2D eigenvalue weighted by molar-refractivity contribution is 0.0934. The molecule has 1 N–H and O–H groups in total. The van der Waals surface area contributed by atoms with Crippen molar-refractivity contribution < 1.29 is 4.79 Å². The van der Waals surface area contributed by atoms with Gasteiger partial charge in [-0.15, -0.1) is 11.8 Å². The third-order valence-electron chi connectivity index (χ3n) is 2.31. The van der Waals surface area contributed by atoms with Crippen molar-refractivity contribution in [2.45, 2.75) is 37.8 Å². The molecule has 1 aromatic rings. The number of carbonyl (C=O) groups excluding carboxylic acids is 1. The van der Waals surface area contributed by atoms with Gasteiger partial charge in [-0.05, 0) is 31.7 Å². The Hall–Kier alpha value is -1.03. The van der Waals surface area contributed by atoms with Crippen LogP contribution in [0.5, 0.6) is 0 Å². The molecule has 0 aliphatic rings. The molecule has 1 aromatic heterocycles. The quantitative estimate of drug-likeness (QED) is 0.802. The number of rotatable bonds is 5. The zero-order chi connectivity index (χ0) is 12.0. The highest BCUT2D eigenvalue weighted by Gasteiger charge is 2.13. The van der Waals surface area contributed by atoms with E-state index < -0.39 is 0 Å². The van der Waals surface area contributed by atoms with Gasteiger partial charge in [0.15, 0.2) is 0 Å². The van der Waals surface area contributed by atoms with E-state index in [2.05, 4.69) is 17.2 Å². The van der Waals surface area contributed by atoms with E-state index in [0.29, 0.717) is 5.56 Å². The second kappa shape index (κ2) is 6.53. The molecule has 0 saturated carbocycles. The minimum atomic E-state index is -0.0293. The molecular formula is C12H18N2OS. The van der Waals surface area contributed by atoms with Crippen LogP contribution in [0.3, 0.4) is 0 Å². The van der Waals surface area contributed by atoms with Crippen molar-refractivity contribution in [2.75, 3.05) is 6.26 Å². The first-order valence-electron chi connectivity index (χ1n) is 5.49. The van der Waals surface area contributed by atoms with Crippen molar-refractivity contribution in [1.82, 2.24) is 10.3 Å². The van der Waals surface area contributed by atoms with E-state index in [0.717, 1.165) is 17.9 Å². The first-order valence-corrected chi connectivity index (χ1v) is 6.71. The Kier molecular flexibility index (Phi) is 5.32. The lowest BCUT2D eigenvalue weighted by Crippen LogP contribution is -2.32. The molecule has 16 heavy (non-hydrogen) atoms. The van der Waals surface area contributed by atoms with Crippen LogP contribution in [-0.4, -0.2) is 23.2 Å². The first-order chi connectivity index (χ1) is 7.69. The zero-order valence-corrected chi connectivity index (χ0v) is 10.8. The molecule has 1 unspecified atom stereocenters. The van der Waals surface area contributed by atoms with Gasteiger partial charge in [0.05, 0.1) is 5.56 Å². The number of aromatic nitrogens is 1. The van der Waals surface area contributed by atoms with Gasteiger partial charge in [0, 0.05) is 12.2 Å². The summed E-state index contributed by atoms with van der Waals surface area (Å²) in [5.41, 5.74) is 0.665. The van der Waals surface area contributed by atoms with E-state index in [1.54, 1.807) is 12.3 Å². The molecule has 0 aliphatic carbocycles. The van der Waals surface area contributed by atoms with E-state index in [1.165, 1.54) is 11.8 Å². The van der Waals surface area contributed by atoms with Gasteiger partial charge < -0.3 is 5.32 Å². The topological polar surface area (TPSA) is 42.0 Å². The molecule has 3 nitrogen and oxygen atoms in total. The molecule has 0 spiro atoms. The number of carbonyl (C=O) groups is 1. The summed E-state index contributed by atoms with van der Waals surface area (Å²) in [7, 11) is 0. The van der Waals surface area contributed by atoms with Crippen LogP contribution in [0.1, 0.15) is 37.0 Å². The van der Waals surface area contributed by atoms with Gasteiger partial charge in [-0.2, -0.15) is 0 Å². The van der Waals surface area contributed by atoms with E-state index in [9.17, 15) is 4.79 Å². The fourth-order valence-electron chi connectivity index (χ4n) is 1.53. The summed E-state index contributed by atoms with van der Waals surface area (Å²) in [4.78, 5) is 16.1. The normalized spacial score (nSPS) is 12.2. The molecule has 0 bridgehead atoms. The third-order valence-corrected chi connectivity index (χ3v) is 3.02. The van der Waals surface area contributed by atoms with Crippen LogP contribution >= 0.6 is 11.8 Å². The zero-order valence-electron chi connectivity index (χ0n) is 9.99. The Labute approximate surface area is 101 Å². The molecular weight excluding hydrogens is 220 g/mol. The van der Waals surface area contributed by atoms with Gasteiger partial charge in [-0.1, -0.05) is 13.3 Å². The van der Waals surface area contributed by atoms with Crippen molar-refractivity contribution in [3.05, 3.63) is 23.9 Å². The van der Waals surface area contributed by atoms with Gasteiger partial charge in [0.2, 0.25) is 0 Å². The Bertz CT molecular complexity index is 355. The van der Waals surface area contributed by atoms with Gasteiger partial charge in [-0.25, -0.2) is 4.98 Å². The summed E-state index contributed by atoms with van der Waals surface area (Å²) in [6.45, 7) is 4.14. The number of pyridine rings is 1. The van der Waals surface area contributed by atoms with Crippen LogP contribution in [0.15, 0.2) is 23.4 Å². The van der Waals surface area contributed by atoms with Crippen molar-refractivity contribution in [3.63, 3.8) is 0 Å². The summed E-state index contributed by atoms with van der Waals surface area (Å²) in [5, 5.41) is 3.76. The monoisotopic (exact) mass is 238 g/mol. The number of thioether (sulfide) groups is 1. The lowest BCUT2D eigenvalue weighted by Gasteiger charge is -2.13. The number of hydrogen-bond acceptors (Lipinski definition) is 3. The Balaban J connectivity index is 2.72. The number of amides is 1. The molecule has 1 rings (SSSR count). The summed E-state index contributed by atoms with van der Waals surface area (Å²) < 4.78 is 0. The molecule has 4 heteroatoms. The standard InChI is InChI=1S/C12H18N2OS/c1-4-6-9(2)14-11(15)10-7-5-8-13-12(10)16-3/h5,7-9H,4,6H2,1-3H3,(H,14,15). The molecule has 0 aromatic carbocycles. The average molecular weight is 238 g/mol. The highest BCUT2D eigenvalue weighted by atomic mass is 32.2. The Morgan fingerprint density at radius 2 is 2.38 bits per heavy atom. The molecule has 1 atom stereocenters. The highest BCUT2D eigenvalue weighted by molar-refractivity contribution is 7.98. The van der Waals surface area contributed by atoms with Gasteiger partial charge in [0.1, 0.15) is 5.03 Å². The SMILES string of the molecule is CCCC(C)NC(=O)c1cccnc1SC. The van der Waals surface area contributed by atoms with Gasteiger partial charge >= 0.3 is 0 Å². The molecule has 1 amide bonds. The fraction of sp³-hybridized carbons (Fsp3) is 0.500. The van der Waals surface area contributed by atoms with Crippen LogP contribution < -0.4 is 5.32 Å². The third kappa shape index (κ3) is 3.52. The Morgan fingerprint density at radius 3 is 3.00 bits per heavy atom. The minimum Gasteiger partial charge on any atom is -0.350 e. The molecule has 0 radical (unpaired) electrons. The largest absolute Gasteiger partial charge is 0.350 e. The maximum absolute atomic E-state index is 11.9. The van der Waals surface area contributed by atoms with Crippen LogP contribution in [0.25, 0.3) is 0 Å². The maximum atomic E-state index is 11.9. The molecule has 0 fully saturated rings. The van der Waals surface area contributed by atoms with Crippen molar-refractivity contribution >= 4 is 17.7 Å². The van der Waals surface area contributed by atoms with Crippen LogP contribution in [0.2, 0.25) is 0 Å². The van der Waals surface area contributed by atoms with E-state index in [-0.39, 0.29) is 11.9 Å². The Morgan fingerprint density at radius 1 is 1.62 bits per heavy atom. The average Bonchev–Trinajstić information content (AvgIpc) is 2.29. The maximum Gasteiger partial charge on any atom is 0.254 e. The summed E-state index contributed by atoms with van der Waals surface area (Å²) in [5.74, 6) is -0.0293. The van der Waals surface area contributed by atoms with Crippen LogP contribution in [-0.2, 0) is 0 Å². The predicted molar refractivity (Wildman–Crippen MR) is 67.9 cm³/mol. The van der Waals surface area contributed by atoms with Crippen molar-refractivity contribution in [1.29, 1.82) is 0 Å². The lowest BCUT2D eigenvalue weighted by atomic mass is 10.2. The first kappa shape index (κ1) is 13.0. The van der Waals surface area contributed by atoms with Crippen molar-refractivity contribution in [2.24, 2.45) is 0 Å². The van der Waals surface area contributed by atoms with E-state index in [1.807, 2.05) is 19.2 Å². The second-order valence-corrected chi connectivity index (χ2v) is 4.52. The summed E-state index contributed by atoms with van der Waals surface area (Å²) in [6.07, 6.45) is 5.71. The van der Waals surface area contributed by atoms with Crippen molar-refractivity contribution in [3.8, 4) is 0 Å². The summed E-state index contributed by atoms with van der Waals surface area (Å²) in [6, 6.07) is 3.82. The number of hydrogen-bond donors (Lipinski definition) is 1. The smallest absolute Gasteiger partial charge is 0.254 e. The molecule has 88 valence electrons. The number of nitrogens with one attached hydrogen (secondary N) is 1. The fourth-order valence-corrected chi connectivity index (χ4v) is 2.08. The predicted octanol–water partition coefficient (Wildman–Crippen LogP) is 2.72. The van der Waals surface area contributed by atoms with Crippen LogP contribution in [0.4, 0.5) is 0 Å². The van der Waals surface area contributed by atoms with E-state index >= 15 is 0 Å². The number of nitrogens with zero attached hydrogens (tertiary/aromatic N) is 1. The molecule has 0 saturated heterocycles. The molecule has 0 aliphatic heterocycles. The highest BCUT2D eigenvalue weighted by Crippen LogP contribution is 2.16. The molecule has 1 heterocycles. The van der Waals surface area contributed by atoms with Crippen LogP contribution in [0, 0.1) is 0 Å². The minimum absolute atomic E-state index is 0.0293. The van der Waals surface area contributed by atoms with E-state index in [4.69, 9.17) is 0 Å².